The van der Waals surface area contributed by atoms with Gasteiger partial charge >= 0.3 is 0 Å². The van der Waals surface area contributed by atoms with Crippen LogP contribution in [0.25, 0.3) is 10.9 Å². The Labute approximate surface area is 182 Å². The molecule has 1 saturated heterocycles. The molecule has 4 rings (SSSR count). The number of H-pyrrole nitrogens is 1. The number of aliphatic hydroxyl groups excluding tert-OH is 3. The van der Waals surface area contributed by atoms with E-state index in [1.54, 1.807) is 36.4 Å². The van der Waals surface area contributed by atoms with Crippen molar-refractivity contribution in [3.63, 3.8) is 0 Å². The smallest absolute Gasteiger partial charge is 0.268 e. The summed E-state index contributed by atoms with van der Waals surface area (Å²) >= 11 is 6.02. The SMILES string of the molecule is CC(=O)c1ccccc1O[C@]1(c2c[nH]c3ccccc23)O[C@H](CO)[C@@](O)(Cl)[C@H](O)[C@H]1O. The van der Waals surface area contributed by atoms with Crippen molar-refractivity contribution in [1.29, 1.82) is 0 Å². The first-order chi connectivity index (χ1) is 14.7. The number of aromatic nitrogens is 1. The number of benzene rings is 2. The molecule has 1 aromatic heterocycles. The third kappa shape index (κ3) is 3.41. The topological polar surface area (TPSA) is 132 Å². The molecular weight excluding hydrogens is 426 g/mol. The van der Waals surface area contributed by atoms with Gasteiger partial charge in [-0.15, -0.1) is 0 Å². The van der Waals surface area contributed by atoms with Gasteiger partial charge in [0.05, 0.1) is 17.7 Å². The van der Waals surface area contributed by atoms with Crippen molar-refractivity contribution in [2.45, 2.75) is 36.1 Å². The Hall–Kier alpha value is -2.46. The lowest BCUT2D eigenvalue weighted by Crippen LogP contribution is -2.69. The molecule has 9 heteroatoms. The molecule has 164 valence electrons. The Kier molecular flexibility index (Phi) is 5.55. The number of hydrogen-bond acceptors (Lipinski definition) is 7. The molecule has 3 aromatic rings. The first kappa shape index (κ1) is 21.8. The molecule has 0 spiro atoms. The third-order valence-electron chi connectivity index (χ3n) is 5.53. The lowest BCUT2D eigenvalue weighted by Gasteiger charge is -2.50. The van der Waals surface area contributed by atoms with E-state index in [0.717, 1.165) is 0 Å². The second-order valence-corrected chi connectivity index (χ2v) is 8.08. The molecule has 0 radical (unpaired) electrons. The molecule has 5 N–H and O–H groups in total. The summed E-state index contributed by atoms with van der Waals surface area (Å²) in [6, 6.07) is 13.5. The van der Waals surface area contributed by atoms with Crippen LogP contribution in [0.5, 0.6) is 5.75 Å². The number of ether oxygens (including phenoxy) is 2. The third-order valence-corrected chi connectivity index (χ3v) is 6.00. The highest BCUT2D eigenvalue weighted by Gasteiger charge is 2.63. The first-order valence-electron chi connectivity index (χ1n) is 9.64. The molecule has 1 aliphatic heterocycles. The maximum Gasteiger partial charge on any atom is 0.268 e. The Bertz CT molecular complexity index is 1110. The quantitative estimate of drug-likeness (QED) is 0.296. The number of rotatable bonds is 5. The minimum Gasteiger partial charge on any atom is -0.454 e. The molecule has 1 aliphatic rings. The largest absolute Gasteiger partial charge is 0.454 e. The average molecular weight is 448 g/mol. The number of Topliss-reactive ketones (excluding diaryl/α,β-unsaturated/α-hetero) is 1. The molecule has 5 atom stereocenters. The molecular formula is C22H22ClNO7. The van der Waals surface area contributed by atoms with Gasteiger partial charge in [-0.2, -0.15) is 0 Å². The Morgan fingerprint density at radius 2 is 1.84 bits per heavy atom. The molecule has 0 amide bonds. The number of fused-ring (bicyclic) bond motifs is 1. The maximum atomic E-state index is 12.1. The second-order valence-electron chi connectivity index (χ2n) is 7.48. The van der Waals surface area contributed by atoms with E-state index in [0.29, 0.717) is 16.5 Å². The van der Waals surface area contributed by atoms with E-state index in [4.69, 9.17) is 21.1 Å². The van der Waals surface area contributed by atoms with Crippen molar-refractivity contribution >= 4 is 28.3 Å². The van der Waals surface area contributed by atoms with Crippen LogP contribution >= 0.6 is 11.6 Å². The number of carbonyl (C=O) groups is 1. The summed E-state index contributed by atoms with van der Waals surface area (Å²) < 4.78 is 12.1. The summed E-state index contributed by atoms with van der Waals surface area (Å²) in [4.78, 5) is 15.2. The number of nitrogens with one attached hydrogen (secondary N) is 1. The molecule has 2 aromatic carbocycles. The molecule has 8 nitrogen and oxygen atoms in total. The summed E-state index contributed by atoms with van der Waals surface area (Å²) in [5.41, 5.74) is 1.20. The molecule has 0 unspecified atom stereocenters. The van der Waals surface area contributed by atoms with Gasteiger partial charge in [0.2, 0.25) is 0 Å². The van der Waals surface area contributed by atoms with E-state index in [9.17, 15) is 25.2 Å². The summed E-state index contributed by atoms with van der Waals surface area (Å²) in [5.74, 6) is -2.31. The van der Waals surface area contributed by atoms with E-state index < -0.39 is 35.8 Å². The van der Waals surface area contributed by atoms with Crippen LogP contribution in [0.1, 0.15) is 22.8 Å². The zero-order valence-corrected chi connectivity index (χ0v) is 17.3. The van der Waals surface area contributed by atoms with Crippen molar-refractivity contribution in [2.24, 2.45) is 0 Å². The van der Waals surface area contributed by atoms with Gasteiger partial charge < -0.3 is 34.9 Å². The number of para-hydroxylation sites is 2. The molecule has 0 saturated carbocycles. The van der Waals surface area contributed by atoms with Gasteiger partial charge in [-0.3, -0.25) is 4.79 Å². The van der Waals surface area contributed by atoms with E-state index >= 15 is 0 Å². The second kappa shape index (κ2) is 7.90. The lowest BCUT2D eigenvalue weighted by molar-refractivity contribution is -0.354. The van der Waals surface area contributed by atoms with Gasteiger partial charge in [-0.1, -0.05) is 41.9 Å². The van der Waals surface area contributed by atoms with Crippen molar-refractivity contribution in [3.05, 3.63) is 65.9 Å². The standard InChI is InChI=1S/C22H22ClNO7/c1-12(26)13-6-3-5-9-17(13)30-22(15-10-24-16-8-4-2-7-14(15)16)20(28)19(27)21(23,29)18(11-25)31-22/h2-10,18-20,24-25,27-29H,11H2,1H3/t18-,19-,20-,21+,22-/m1/s1. The van der Waals surface area contributed by atoms with Crippen LogP contribution in [0.2, 0.25) is 0 Å². The number of carbonyl (C=O) groups excluding carboxylic acids is 1. The predicted molar refractivity (Wildman–Crippen MR) is 112 cm³/mol. The van der Waals surface area contributed by atoms with Gasteiger partial charge in [0.15, 0.2) is 16.9 Å². The van der Waals surface area contributed by atoms with Crippen LogP contribution in [-0.4, -0.2) is 61.2 Å². The van der Waals surface area contributed by atoms with Crippen molar-refractivity contribution in [1.82, 2.24) is 4.98 Å². The molecule has 2 heterocycles. The fourth-order valence-corrected chi connectivity index (χ4v) is 4.11. The lowest BCUT2D eigenvalue weighted by atomic mass is 9.87. The fraction of sp³-hybridized carbons (Fsp3) is 0.318. The normalized spacial score (nSPS) is 31.0. The van der Waals surface area contributed by atoms with E-state index in [1.165, 1.54) is 19.2 Å². The monoisotopic (exact) mass is 447 g/mol. The number of alkyl halides is 1. The highest BCUT2D eigenvalue weighted by molar-refractivity contribution is 6.23. The highest BCUT2D eigenvalue weighted by atomic mass is 35.5. The number of ketones is 1. The Morgan fingerprint density at radius 3 is 2.55 bits per heavy atom. The van der Waals surface area contributed by atoms with Crippen LogP contribution < -0.4 is 4.74 Å². The number of halogens is 1. The molecule has 0 bridgehead atoms. The average Bonchev–Trinajstić information content (AvgIpc) is 3.19. The van der Waals surface area contributed by atoms with Gasteiger partial charge in [0.1, 0.15) is 18.0 Å². The van der Waals surface area contributed by atoms with Crippen LogP contribution in [0.3, 0.4) is 0 Å². The van der Waals surface area contributed by atoms with Crippen molar-refractivity contribution in [3.8, 4) is 5.75 Å². The van der Waals surface area contributed by atoms with Crippen LogP contribution in [0.15, 0.2) is 54.7 Å². The van der Waals surface area contributed by atoms with E-state index in [1.807, 2.05) is 6.07 Å². The summed E-state index contributed by atoms with van der Waals surface area (Å²) in [5, 5.41) is 40.2. The van der Waals surface area contributed by atoms with Crippen LogP contribution in [-0.2, 0) is 10.5 Å². The molecule has 1 fully saturated rings. The zero-order chi connectivity index (χ0) is 22.4. The number of aromatic amines is 1. The van der Waals surface area contributed by atoms with Gasteiger partial charge in [0, 0.05) is 17.1 Å². The summed E-state index contributed by atoms with van der Waals surface area (Å²) in [6.07, 6.45) is -3.84. The van der Waals surface area contributed by atoms with E-state index in [-0.39, 0.29) is 17.1 Å². The molecule has 31 heavy (non-hydrogen) atoms. The minimum atomic E-state index is -2.48. The Morgan fingerprint density at radius 1 is 1.16 bits per heavy atom. The van der Waals surface area contributed by atoms with E-state index in [2.05, 4.69) is 4.98 Å². The fourth-order valence-electron chi connectivity index (χ4n) is 3.88. The molecule has 0 aliphatic carbocycles. The van der Waals surface area contributed by atoms with Crippen molar-refractivity contribution in [2.75, 3.05) is 6.61 Å². The highest BCUT2D eigenvalue weighted by Crippen LogP contribution is 2.47. The van der Waals surface area contributed by atoms with Gasteiger partial charge in [0.25, 0.3) is 5.79 Å². The zero-order valence-electron chi connectivity index (χ0n) is 16.5. The van der Waals surface area contributed by atoms with Gasteiger partial charge in [-0.05, 0) is 25.1 Å². The predicted octanol–water partition coefficient (Wildman–Crippen LogP) is 1.64. The summed E-state index contributed by atoms with van der Waals surface area (Å²) in [7, 11) is 0. The number of hydrogen-bond donors (Lipinski definition) is 5. The van der Waals surface area contributed by atoms with Crippen molar-refractivity contribution < 1.29 is 34.7 Å². The van der Waals surface area contributed by atoms with Crippen LogP contribution in [0, 0.1) is 0 Å². The van der Waals surface area contributed by atoms with Crippen LogP contribution in [0.4, 0.5) is 0 Å². The summed E-state index contributed by atoms with van der Waals surface area (Å²) in [6.45, 7) is 0.590. The first-order valence-corrected chi connectivity index (χ1v) is 10.0. The van der Waals surface area contributed by atoms with Gasteiger partial charge in [-0.25, -0.2) is 0 Å². The number of aliphatic hydroxyl groups is 4. The maximum absolute atomic E-state index is 12.1. The minimum absolute atomic E-state index is 0.0863. The Balaban J connectivity index is 1.95.